The van der Waals surface area contributed by atoms with Crippen molar-refractivity contribution in [2.75, 3.05) is 0 Å². The Morgan fingerprint density at radius 1 is 1.79 bits per heavy atom. The van der Waals surface area contributed by atoms with Gasteiger partial charge in [0.25, 0.3) is 5.91 Å². The van der Waals surface area contributed by atoms with Gasteiger partial charge in [0.2, 0.25) is 0 Å². The lowest BCUT2D eigenvalue weighted by Crippen LogP contribution is -2.25. The summed E-state index contributed by atoms with van der Waals surface area (Å²) >= 11 is 1.00. The monoisotopic (exact) mass is 207 g/mol. The second-order valence-corrected chi connectivity index (χ2v) is 4.09. The van der Waals surface area contributed by atoms with Gasteiger partial charge in [0.05, 0.1) is 23.6 Å². The van der Waals surface area contributed by atoms with Crippen LogP contribution >= 0.6 is 12.1 Å². The molecule has 1 N–H and O–H groups in total. The minimum absolute atomic E-state index is 0.215. The molecular weight excluding hydrogens is 198 g/mol. The normalized spacial score (nSPS) is 19.3. The number of carbonyl (C=O) groups excluding carboxylic acids is 1. The molecule has 0 unspecified atom stereocenters. The van der Waals surface area contributed by atoms with Crippen LogP contribution in [0.1, 0.15) is 18.4 Å². The lowest BCUT2D eigenvalue weighted by molar-refractivity contribution is -0.122. The highest BCUT2D eigenvalue weighted by Crippen LogP contribution is 2.45. The summed E-state index contributed by atoms with van der Waals surface area (Å²) in [6, 6.07) is 3.95. The topological polar surface area (TPSA) is 65.2 Å². The van der Waals surface area contributed by atoms with E-state index in [0.29, 0.717) is 12.8 Å². The standard InChI is InChI=1S/C9H9N3OS/c1-6-4-7(6)11-14-12-8(13)9(5-10)2-3-9/h4H,2-3H2,1H3,(H,12,13)/b11-7+. The second-order valence-electron chi connectivity index (χ2n) is 3.52. The van der Waals surface area contributed by atoms with E-state index in [-0.39, 0.29) is 5.91 Å². The number of aryl methyl sites for hydroxylation is 1. The van der Waals surface area contributed by atoms with Crippen LogP contribution in [0.5, 0.6) is 0 Å². The van der Waals surface area contributed by atoms with Crippen molar-refractivity contribution >= 4 is 18.0 Å². The Bertz CT molecular complexity index is 432. The maximum absolute atomic E-state index is 11.4. The van der Waals surface area contributed by atoms with E-state index in [1.165, 1.54) is 0 Å². The zero-order valence-corrected chi connectivity index (χ0v) is 8.52. The molecule has 1 fully saturated rings. The van der Waals surface area contributed by atoms with Crippen LogP contribution in [-0.4, -0.2) is 5.91 Å². The van der Waals surface area contributed by atoms with Crippen molar-refractivity contribution in [2.45, 2.75) is 19.8 Å². The van der Waals surface area contributed by atoms with Crippen molar-refractivity contribution < 1.29 is 4.79 Å². The maximum atomic E-state index is 11.4. The second kappa shape index (κ2) is 3.14. The van der Waals surface area contributed by atoms with Crippen LogP contribution < -0.4 is 10.1 Å². The molecule has 0 atom stereocenters. The average molecular weight is 207 g/mol. The zero-order valence-electron chi connectivity index (χ0n) is 7.70. The van der Waals surface area contributed by atoms with E-state index in [9.17, 15) is 4.79 Å². The van der Waals surface area contributed by atoms with Gasteiger partial charge in [-0.15, -0.1) is 0 Å². The van der Waals surface area contributed by atoms with Crippen molar-refractivity contribution in [3.8, 4) is 6.07 Å². The molecule has 1 aromatic rings. The molecule has 1 aliphatic rings. The molecule has 0 saturated heterocycles. The summed E-state index contributed by atoms with van der Waals surface area (Å²) in [7, 11) is 0. The predicted molar refractivity (Wildman–Crippen MR) is 52.1 cm³/mol. The molecule has 0 heterocycles. The lowest BCUT2D eigenvalue weighted by atomic mass is 10.1. The summed E-state index contributed by atoms with van der Waals surface area (Å²) in [6.07, 6.45) is 1.34. The molecule has 72 valence electrons. The lowest BCUT2D eigenvalue weighted by Gasteiger charge is -2.02. The molecule has 1 amide bonds. The van der Waals surface area contributed by atoms with Crippen molar-refractivity contribution in [2.24, 2.45) is 9.81 Å². The van der Waals surface area contributed by atoms with Gasteiger partial charge in [-0.3, -0.25) is 9.52 Å². The van der Waals surface area contributed by atoms with Crippen molar-refractivity contribution in [1.29, 1.82) is 5.26 Å². The largest absolute Gasteiger partial charge is 0.279 e. The number of carbonyl (C=O) groups is 1. The summed E-state index contributed by atoms with van der Waals surface area (Å²) in [5.41, 5.74) is 0.396. The van der Waals surface area contributed by atoms with Gasteiger partial charge in [-0.25, -0.2) is 0 Å². The number of nitriles is 1. The van der Waals surface area contributed by atoms with Gasteiger partial charge in [0.15, 0.2) is 0 Å². The van der Waals surface area contributed by atoms with Crippen molar-refractivity contribution in [3.63, 3.8) is 0 Å². The van der Waals surface area contributed by atoms with E-state index < -0.39 is 5.41 Å². The molecule has 0 radical (unpaired) electrons. The Labute approximate surface area is 86.0 Å². The van der Waals surface area contributed by atoms with E-state index in [1.807, 2.05) is 19.1 Å². The van der Waals surface area contributed by atoms with Crippen LogP contribution in [0.2, 0.25) is 0 Å². The first kappa shape index (κ1) is 9.28. The third-order valence-electron chi connectivity index (χ3n) is 2.35. The van der Waals surface area contributed by atoms with Crippen LogP contribution in [0.25, 0.3) is 0 Å². The molecule has 1 aliphatic carbocycles. The van der Waals surface area contributed by atoms with Gasteiger partial charge >= 0.3 is 0 Å². The molecule has 5 heteroatoms. The molecule has 0 spiro atoms. The van der Waals surface area contributed by atoms with E-state index in [1.54, 1.807) is 0 Å². The van der Waals surface area contributed by atoms with Gasteiger partial charge in [-0.1, -0.05) is 0 Å². The maximum Gasteiger partial charge on any atom is 0.251 e. The summed E-state index contributed by atoms with van der Waals surface area (Å²) in [6.45, 7) is 1.96. The molecular formula is C9H9N3OS. The molecule has 0 aliphatic heterocycles. The smallest absolute Gasteiger partial charge is 0.251 e. The first-order chi connectivity index (χ1) is 6.68. The number of hydrogen-bond donors (Lipinski definition) is 1. The highest BCUT2D eigenvalue weighted by Gasteiger charge is 2.50. The first-order valence-electron chi connectivity index (χ1n) is 4.32. The Morgan fingerprint density at radius 2 is 2.43 bits per heavy atom. The van der Waals surface area contributed by atoms with E-state index in [4.69, 9.17) is 5.26 Å². The Morgan fingerprint density at radius 3 is 2.86 bits per heavy atom. The van der Waals surface area contributed by atoms with E-state index in [2.05, 4.69) is 9.12 Å². The number of hydrogen-bond acceptors (Lipinski definition) is 4. The van der Waals surface area contributed by atoms with Crippen LogP contribution in [-0.2, 0) is 4.79 Å². The SMILES string of the molecule is Cc1c/c1=N\SNC(=O)C1(C#N)CC1. The third-order valence-corrected chi connectivity index (χ3v) is 2.92. The van der Waals surface area contributed by atoms with Crippen molar-refractivity contribution in [1.82, 2.24) is 4.72 Å². The summed E-state index contributed by atoms with van der Waals surface area (Å²) < 4.78 is 6.59. The van der Waals surface area contributed by atoms with Gasteiger partial charge in [-0.2, -0.15) is 9.66 Å². The fraction of sp³-hybridized carbons (Fsp3) is 0.444. The molecule has 1 saturated carbocycles. The minimum atomic E-state index is -0.751. The fourth-order valence-electron chi connectivity index (χ4n) is 0.993. The number of amides is 1. The Kier molecular flexibility index (Phi) is 2.08. The number of rotatable bonds is 3. The highest BCUT2D eigenvalue weighted by atomic mass is 32.2. The average Bonchev–Trinajstić information content (AvgIpc) is 3.04. The molecule has 2 rings (SSSR count). The quantitative estimate of drug-likeness (QED) is 0.744. The first-order valence-corrected chi connectivity index (χ1v) is 5.10. The van der Waals surface area contributed by atoms with Crippen LogP contribution in [0.15, 0.2) is 10.5 Å². The molecule has 0 bridgehead atoms. The molecule has 14 heavy (non-hydrogen) atoms. The molecule has 4 nitrogen and oxygen atoms in total. The van der Waals surface area contributed by atoms with Crippen LogP contribution in [0.4, 0.5) is 0 Å². The highest BCUT2D eigenvalue weighted by molar-refractivity contribution is 7.96. The van der Waals surface area contributed by atoms with Crippen LogP contribution in [0.3, 0.4) is 0 Å². The van der Waals surface area contributed by atoms with Crippen LogP contribution in [0, 0.1) is 23.7 Å². The van der Waals surface area contributed by atoms with Gasteiger partial charge in [0.1, 0.15) is 5.41 Å². The Balaban J connectivity index is 1.83. The van der Waals surface area contributed by atoms with Gasteiger partial charge in [-0.05, 0) is 31.4 Å². The van der Waals surface area contributed by atoms with E-state index in [0.717, 1.165) is 23.1 Å². The van der Waals surface area contributed by atoms with Gasteiger partial charge < -0.3 is 0 Å². The number of nitrogens with zero attached hydrogens (tertiary/aromatic N) is 2. The summed E-state index contributed by atoms with van der Waals surface area (Å²) in [4.78, 5) is 11.4. The third kappa shape index (κ3) is 1.66. The molecule has 1 aromatic carbocycles. The predicted octanol–water partition coefficient (Wildman–Crippen LogP) is 0.754. The summed E-state index contributed by atoms with van der Waals surface area (Å²) in [5.74, 6) is -0.215. The summed E-state index contributed by atoms with van der Waals surface area (Å²) in [5, 5.41) is 9.65. The van der Waals surface area contributed by atoms with Gasteiger partial charge in [0, 0.05) is 0 Å². The minimum Gasteiger partial charge on any atom is -0.279 e. The molecule has 0 aromatic heterocycles. The van der Waals surface area contributed by atoms with E-state index >= 15 is 0 Å². The van der Waals surface area contributed by atoms with Crippen molar-refractivity contribution in [3.05, 3.63) is 17.0 Å². The zero-order chi connectivity index (χ0) is 10.2. The Hall–Kier alpha value is -1.28. The fourth-order valence-corrected chi connectivity index (χ4v) is 1.61. The number of nitrogens with one attached hydrogen (secondary N) is 1.